The molecule has 2 aliphatic rings. The van der Waals surface area contributed by atoms with Crippen molar-refractivity contribution in [3.8, 4) is 17.0 Å². The Kier molecular flexibility index (Phi) is 7.98. The van der Waals surface area contributed by atoms with Gasteiger partial charge in [0.15, 0.2) is 0 Å². The number of aryl methyl sites for hydroxylation is 1. The van der Waals surface area contributed by atoms with Gasteiger partial charge in [-0.2, -0.15) is 23.1 Å². The first-order chi connectivity index (χ1) is 21.4. The largest absolute Gasteiger partial charge is 0.480 e. The van der Waals surface area contributed by atoms with Gasteiger partial charge < -0.3 is 25.8 Å². The lowest BCUT2D eigenvalue weighted by Crippen LogP contribution is -2.41. The lowest BCUT2D eigenvalue weighted by atomic mass is 9.76. The Morgan fingerprint density at radius 2 is 1.87 bits per heavy atom. The summed E-state index contributed by atoms with van der Waals surface area (Å²) in [5.41, 5.74) is 8.15. The Morgan fingerprint density at radius 1 is 1.13 bits per heavy atom. The van der Waals surface area contributed by atoms with E-state index in [2.05, 4.69) is 20.3 Å². The smallest absolute Gasteiger partial charge is 0.429 e. The first kappa shape index (κ1) is 30.5. The van der Waals surface area contributed by atoms with E-state index in [1.54, 1.807) is 37.3 Å². The lowest BCUT2D eigenvalue weighted by molar-refractivity contribution is -0.198. The number of carboxylic acid groups (broad SMARTS) is 1. The molecule has 0 saturated carbocycles. The molecule has 9 nitrogen and oxygen atoms in total. The van der Waals surface area contributed by atoms with Gasteiger partial charge >= 0.3 is 12.1 Å². The van der Waals surface area contributed by atoms with Crippen molar-refractivity contribution in [2.75, 3.05) is 30.3 Å². The number of rotatable bonds is 7. The number of benzene rings is 2. The van der Waals surface area contributed by atoms with Gasteiger partial charge in [0.05, 0.1) is 11.7 Å². The van der Waals surface area contributed by atoms with E-state index in [-0.39, 0.29) is 22.8 Å². The molecule has 4 heterocycles. The molecule has 2 aliphatic heterocycles. The van der Waals surface area contributed by atoms with Gasteiger partial charge in [0, 0.05) is 36.7 Å². The third-order valence-electron chi connectivity index (χ3n) is 8.84. The van der Waals surface area contributed by atoms with E-state index in [0.29, 0.717) is 78.7 Å². The van der Waals surface area contributed by atoms with Crippen LogP contribution in [0.4, 0.5) is 29.3 Å². The summed E-state index contributed by atoms with van der Waals surface area (Å²) in [6.45, 7) is 3.43. The van der Waals surface area contributed by atoms with E-state index in [4.69, 9.17) is 10.5 Å². The van der Waals surface area contributed by atoms with Crippen LogP contribution in [0, 0.1) is 11.2 Å². The minimum absolute atomic E-state index is 0.0531. The molecule has 2 aromatic heterocycles. The van der Waals surface area contributed by atoms with Gasteiger partial charge in [-0.3, -0.25) is 9.78 Å². The molecule has 2 fully saturated rings. The number of fused-ring (bicyclic) bond motifs is 1. The van der Waals surface area contributed by atoms with Crippen molar-refractivity contribution in [3.05, 3.63) is 71.7 Å². The predicted molar refractivity (Wildman–Crippen MR) is 160 cm³/mol. The SMILES string of the molecule is CCc1cc(-c2ccc3ncc(F)cc3c2)ccc1C(Oc1cc(N2CCC3(CC2)CNC(C(=O)O)C3)nc(N)n1)C(F)(F)F. The number of alkyl halides is 3. The fraction of sp³-hybridized carbons (Fsp3) is 0.375. The van der Waals surface area contributed by atoms with Gasteiger partial charge in [0.1, 0.15) is 17.7 Å². The molecule has 4 aromatic rings. The van der Waals surface area contributed by atoms with Gasteiger partial charge in [0.25, 0.3) is 0 Å². The molecule has 45 heavy (non-hydrogen) atoms. The molecule has 0 aliphatic carbocycles. The highest BCUT2D eigenvalue weighted by molar-refractivity contribution is 5.84. The minimum atomic E-state index is -4.77. The molecule has 2 unspecified atom stereocenters. The molecule has 0 amide bonds. The number of nitrogens with zero attached hydrogens (tertiary/aromatic N) is 4. The lowest BCUT2D eigenvalue weighted by Gasteiger charge is -2.39. The van der Waals surface area contributed by atoms with Gasteiger partial charge in [-0.1, -0.05) is 31.2 Å². The molecule has 236 valence electrons. The number of aliphatic carboxylic acids is 1. The third-order valence-corrected chi connectivity index (χ3v) is 8.84. The second-order valence-corrected chi connectivity index (χ2v) is 11.8. The standard InChI is InChI=1S/C32H32F4N6O3/c1-2-18-11-19(20-4-6-24-21(12-20)13-22(33)16-38-24)3-5-23(18)28(32(34,35)36)45-27-14-26(40-30(37)41-27)42-9-7-31(8-10-42)15-25(29(43)44)39-17-31/h3-6,11-14,16,25,28,39H,2,7-10,15,17H2,1H3,(H,43,44)(H2,37,40,41). The zero-order valence-electron chi connectivity index (χ0n) is 24.4. The number of carbonyl (C=O) groups is 1. The number of aromatic nitrogens is 3. The fourth-order valence-electron chi connectivity index (χ4n) is 6.39. The number of anilines is 2. The average Bonchev–Trinajstić information content (AvgIpc) is 3.42. The van der Waals surface area contributed by atoms with E-state index < -0.39 is 30.1 Å². The summed E-state index contributed by atoms with van der Waals surface area (Å²) in [4.78, 5) is 25.6. The first-order valence-corrected chi connectivity index (χ1v) is 14.7. The van der Waals surface area contributed by atoms with E-state index in [0.717, 1.165) is 6.20 Å². The van der Waals surface area contributed by atoms with Gasteiger partial charge in [0.2, 0.25) is 17.9 Å². The fourth-order valence-corrected chi connectivity index (χ4v) is 6.39. The minimum Gasteiger partial charge on any atom is -0.480 e. The second-order valence-electron chi connectivity index (χ2n) is 11.8. The summed E-state index contributed by atoms with van der Waals surface area (Å²) in [7, 11) is 0. The Hall–Kier alpha value is -4.52. The number of ether oxygens (including phenoxy) is 1. The van der Waals surface area contributed by atoms with Crippen LogP contribution in [0.2, 0.25) is 0 Å². The van der Waals surface area contributed by atoms with Crippen LogP contribution < -0.4 is 20.7 Å². The number of hydrogen-bond acceptors (Lipinski definition) is 8. The van der Waals surface area contributed by atoms with Crippen molar-refractivity contribution < 1.29 is 32.2 Å². The summed E-state index contributed by atoms with van der Waals surface area (Å²) >= 11 is 0. The zero-order valence-corrected chi connectivity index (χ0v) is 24.4. The zero-order chi connectivity index (χ0) is 31.9. The Labute approximate surface area is 256 Å². The summed E-state index contributed by atoms with van der Waals surface area (Å²) < 4.78 is 63.0. The monoisotopic (exact) mass is 624 g/mol. The molecule has 6 rings (SSSR count). The number of halogens is 4. The van der Waals surface area contributed by atoms with Crippen LogP contribution in [-0.4, -0.2) is 57.9 Å². The summed E-state index contributed by atoms with van der Waals surface area (Å²) in [6.07, 6.45) is -3.74. The molecule has 4 N–H and O–H groups in total. The van der Waals surface area contributed by atoms with Crippen molar-refractivity contribution in [1.29, 1.82) is 0 Å². The highest BCUT2D eigenvalue weighted by Gasteiger charge is 2.45. The third kappa shape index (κ3) is 6.35. The number of nitrogens with two attached hydrogens (primary N) is 1. The van der Waals surface area contributed by atoms with Crippen LogP contribution in [-0.2, 0) is 11.2 Å². The summed E-state index contributed by atoms with van der Waals surface area (Å²) in [6, 6.07) is 12.1. The number of piperidine rings is 1. The molecule has 2 atom stereocenters. The number of pyridine rings is 1. The maximum absolute atomic E-state index is 14.6. The molecule has 1 spiro atoms. The normalized spacial score (nSPS) is 18.8. The van der Waals surface area contributed by atoms with E-state index in [1.807, 2.05) is 4.90 Å². The van der Waals surface area contributed by atoms with Crippen molar-refractivity contribution in [2.24, 2.45) is 5.41 Å². The molecule has 0 bridgehead atoms. The Morgan fingerprint density at radius 3 is 2.56 bits per heavy atom. The van der Waals surface area contributed by atoms with Gasteiger partial charge in [-0.05, 0) is 66.0 Å². The van der Waals surface area contributed by atoms with Crippen molar-refractivity contribution >= 4 is 28.6 Å². The van der Waals surface area contributed by atoms with E-state index in [9.17, 15) is 27.5 Å². The van der Waals surface area contributed by atoms with Crippen LogP contribution in [0.5, 0.6) is 5.88 Å². The van der Waals surface area contributed by atoms with Crippen LogP contribution in [0.25, 0.3) is 22.0 Å². The van der Waals surface area contributed by atoms with Gasteiger partial charge in [-0.15, -0.1) is 0 Å². The molecular weight excluding hydrogens is 592 g/mol. The Bertz CT molecular complexity index is 1740. The number of carboxylic acids is 1. The van der Waals surface area contributed by atoms with E-state index >= 15 is 0 Å². The summed E-state index contributed by atoms with van der Waals surface area (Å²) in [5, 5.41) is 13.0. The maximum atomic E-state index is 14.6. The predicted octanol–water partition coefficient (Wildman–Crippen LogP) is 5.69. The van der Waals surface area contributed by atoms with Crippen LogP contribution in [0.3, 0.4) is 0 Å². The van der Waals surface area contributed by atoms with Crippen molar-refractivity contribution in [3.63, 3.8) is 0 Å². The molecule has 2 aromatic carbocycles. The highest BCUT2D eigenvalue weighted by Crippen LogP contribution is 2.42. The average molecular weight is 625 g/mol. The van der Waals surface area contributed by atoms with E-state index in [1.165, 1.54) is 18.2 Å². The number of nitrogens with one attached hydrogen (secondary N) is 1. The van der Waals surface area contributed by atoms with Crippen molar-refractivity contribution in [1.82, 2.24) is 20.3 Å². The maximum Gasteiger partial charge on any atom is 0.429 e. The van der Waals surface area contributed by atoms with Gasteiger partial charge in [-0.25, -0.2) is 4.39 Å². The van der Waals surface area contributed by atoms with Crippen molar-refractivity contribution in [2.45, 2.75) is 50.9 Å². The second kappa shape index (κ2) is 11.8. The highest BCUT2D eigenvalue weighted by atomic mass is 19.4. The molecule has 0 radical (unpaired) electrons. The quantitative estimate of drug-likeness (QED) is 0.222. The first-order valence-electron chi connectivity index (χ1n) is 14.7. The van der Waals surface area contributed by atoms with Crippen LogP contribution in [0.1, 0.15) is 43.4 Å². The number of nitrogen functional groups attached to an aromatic ring is 1. The van der Waals surface area contributed by atoms with Crippen LogP contribution >= 0.6 is 0 Å². The number of hydrogen-bond donors (Lipinski definition) is 3. The topological polar surface area (TPSA) is 126 Å². The molecular formula is C32H32F4N6O3. The Balaban J connectivity index is 1.24. The summed E-state index contributed by atoms with van der Waals surface area (Å²) in [5.74, 6) is -1.52. The molecule has 2 saturated heterocycles. The van der Waals surface area contributed by atoms with Crippen LogP contribution in [0.15, 0.2) is 54.7 Å². The molecule has 13 heteroatoms.